The van der Waals surface area contributed by atoms with Gasteiger partial charge in [-0.25, -0.2) is 17.9 Å². The molecule has 1 rings (SSSR count). The van der Waals surface area contributed by atoms with Gasteiger partial charge < -0.3 is 5.11 Å². The van der Waals surface area contributed by atoms with Crippen molar-refractivity contribution in [3.8, 4) is 0 Å². The SMILES string of the molecule is C=CCSCCNS(=O)(=O)c1cc(Br)c(Cl)c(C(=O)O)c1. The Morgan fingerprint density at radius 1 is 1.52 bits per heavy atom. The highest BCUT2D eigenvalue weighted by Crippen LogP contribution is 2.29. The van der Waals surface area contributed by atoms with Gasteiger partial charge in [-0.2, -0.15) is 11.8 Å². The fourth-order valence-corrected chi connectivity index (χ4v) is 3.97. The Balaban J connectivity index is 2.93. The number of thioether (sulfide) groups is 1. The second-order valence-electron chi connectivity index (χ2n) is 3.83. The molecule has 5 nitrogen and oxygen atoms in total. The normalized spacial score (nSPS) is 11.3. The van der Waals surface area contributed by atoms with Crippen LogP contribution in [0.15, 0.2) is 34.2 Å². The molecule has 0 amide bonds. The average Bonchev–Trinajstić information content (AvgIpc) is 2.40. The fraction of sp³-hybridized carbons (Fsp3) is 0.250. The minimum Gasteiger partial charge on any atom is -0.478 e. The lowest BCUT2D eigenvalue weighted by atomic mass is 10.2. The number of aromatic carboxylic acids is 1. The monoisotopic (exact) mass is 413 g/mol. The molecule has 1 aromatic carbocycles. The molecule has 9 heteroatoms. The smallest absolute Gasteiger partial charge is 0.337 e. The van der Waals surface area contributed by atoms with Gasteiger partial charge in [-0.05, 0) is 28.1 Å². The van der Waals surface area contributed by atoms with Crippen LogP contribution in [0.2, 0.25) is 5.02 Å². The number of hydrogen-bond donors (Lipinski definition) is 2. The van der Waals surface area contributed by atoms with E-state index in [2.05, 4.69) is 27.2 Å². The summed E-state index contributed by atoms with van der Waals surface area (Å²) in [4.78, 5) is 10.9. The first-order valence-corrected chi connectivity index (χ1v) is 9.51. The summed E-state index contributed by atoms with van der Waals surface area (Å²) in [5.74, 6) is 0.0303. The van der Waals surface area contributed by atoms with Gasteiger partial charge in [0.1, 0.15) is 0 Å². The van der Waals surface area contributed by atoms with E-state index >= 15 is 0 Å². The van der Waals surface area contributed by atoms with E-state index in [0.717, 1.165) is 11.8 Å². The van der Waals surface area contributed by atoms with Crippen LogP contribution in [-0.2, 0) is 10.0 Å². The van der Waals surface area contributed by atoms with Crippen LogP contribution < -0.4 is 4.72 Å². The lowest BCUT2D eigenvalue weighted by Crippen LogP contribution is -2.26. The molecule has 0 saturated heterocycles. The molecule has 0 unspecified atom stereocenters. The molecule has 0 heterocycles. The summed E-state index contributed by atoms with van der Waals surface area (Å²) >= 11 is 10.4. The van der Waals surface area contributed by atoms with Crippen LogP contribution in [-0.4, -0.2) is 37.5 Å². The lowest BCUT2D eigenvalue weighted by molar-refractivity contribution is 0.0696. The third kappa shape index (κ3) is 5.30. The van der Waals surface area contributed by atoms with Gasteiger partial charge in [0.05, 0.1) is 15.5 Å². The number of hydrogen-bond acceptors (Lipinski definition) is 4. The molecular formula is C12H13BrClNO4S2. The summed E-state index contributed by atoms with van der Waals surface area (Å²) in [6, 6.07) is 2.31. The van der Waals surface area contributed by atoms with E-state index in [1.807, 2.05) is 0 Å². The van der Waals surface area contributed by atoms with Crippen LogP contribution in [0.5, 0.6) is 0 Å². The number of sulfonamides is 1. The Kier molecular flexibility index (Phi) is 7.22. The molecular weight excluding hydrogens is 402 g/mol. The molecule has 0 aliphatic carbocycles. The molecule has 0 fully saturated rings. The molecule has 0 saturated carbocycles. The van der Waals surface area contributed by atoms with Crippen molar-refractivity contribution in [2.75, 3.05) is 18.1 Å². The maximum atomic E-state index is 12.1. The first kappa shape index (κ1) is 18.5. The van der Waals surface area contributed by atoms with Crippen LogP contribution in [0.1, 0.15) is 10.4 Å². The molecule has 2 N–H and O–H groups in total. The number of rotatable bonds is 8. The fourth-order valence-electron chi connectivity index (χ4n) is 1.37. The molecule has 0 spiro atoms. The van der Waals surface area contributed by atoms with Crippen LogP contribution in [0, 0.1) is 0 Å². The van der Waals surface area contributed by atoms with Gasteiger partial charge in [0.15, 0.2) is 0 Å². The number of nitrogens with one attached hydrogen (secondary N) is 1. The summed E-state index contributed by atoms with van der Waals surface area (Å²) < 4.78 is 26.8. The van der Waals surface area contributed by atoms with Crippen LogP contribution in [0.3, 0.4) is 0 Å². The quantitative estimate of drug-likeness (QED) is 0.505. The molecule has 0 aliphatic heterocycles. The van der Waals surface area contributed by atoms with Crippen LogP contribution >= 0.6 is 39.3 Å². The van der Waals surface area contributed by atoms with Crippen molar-refractivity contribution < 1.29 is 18.3 Å². The molecule has 0 bridgehead atoms. The Morgan fingerprint density at radius 3 is 2.76 bits per heavy atom. The highest BCUT2D eigenvalue weighted by atomic mass is 79.9. The summed E-state index contributed by atoms with van der Waals surface area (Å²) in [6.07, 6.45) is 1.73. The molecule has 0 aromatic heterocycles. The van der Waals surface area contributed by atoms with E-state index in [1.54, 1.807) is 6.08 Å². The van der Waals surface area contributed by atoms with E-state index in [1.165, 1.54) is 17.8 Å². The van der Waals surface area contributed by atoms with Crippen molar-refractivity contribution in [1.29, 1.82) is 0 Å². The Bertz CT molecular complexity index is 649. The summed E-state index contributed by atoms with van der Waals surface area (Å²) in [5, 5.41) is 8.98. The van der Waals surface area contributed by atoms with E-state index in [-0.39, 0.29) is 26.5 Å². The largest absolute Gasteiger partial charge is 0.478 e. The van der Waals surface area contributed by atoms with Crippen molar-refractivity contribution in [2.24, 2.45) is 0 Å². The third-order valence-electron chi connectivity index (χ3n) is 2.32. The summed E-state index contributed by atoms with van der Waals surface area (Å²) in [7, 11) is -3.78. The van der Waals surface area contributed by atoms with Crippen molar-refractivity contribution in [1.82, 2.24) is 4.72 Å². The second kappa shape index (κ2) is 8.19. The number of carbonyl (C=O) groups is 1. The van der Waals surface area contributed by atoms with Crippen LogP contribution in [0.25, 0.3) is 0 Å². The van der Waals surface area contributed by atoms with E-state index in [9.17, 15) is 13.2 Å². The highest BCUT2D eigenvalue weighted by molar-refractivity contribution is 9.10. The average molecular weight is 415 g/mol. The topological polar surface area (TPSA) is 83.5 Å². The maximum absolute atomic E-state index is 12.1. The Morgan fingerprint density at radius 2 is 2.19 bits per heavy atom. The zero-order valence-corrected chi connectivity index (χ0v) is 14.8. The van der Waals surface area contributed by atoms with Gasteiger partial charge in [-0.3, -0.25) is 0 Å². The standard InChI is InChI=1S/C12H13BrClNO4S2/c1-2-4-20-5-3-15-21(18,19)8-6-9(12(16)17)11(14)10(13)7-8/h2,6-7,15H,1,3-5H2,(H,16,17). The van der Waals surface area contributed by atoms with Gasteiger partial charge in [0, 0.05) is 22.5 Å². The number of carboxylic acid groups (broad SMARTS) is 1. The molecule has 1 aromatic rings. The first-order valence-electron chi connectivity index (χ1n) is 5.70. The summed E-state index contributed by atoms with van der Waals surface area (Å²) in [5.41, 5.74) is -0.271. The third-order valence-corrected chi connectivity index (χ3v) is 5.98. The zero-order valence-electron chi connectivity index (χ0n) is 10.8. The molecule has 21 heavy (non-hydrogen) atoms. The minimum absolute atomic E-state index is 0.0389. The van der Waals surface area contributed by atoms with Gasteiger partial charge in [-0.15, -0.1) is 6.58 Å². The van der Waals surface area contributed by atoms with E-state index < -0.39 is 16.0 Å². The molecule has 0 radical (unpaired) electrons. The van der Waals surface area contributed by atoms with E-state index in [0.29, 0.717) is 5.75 Å². The minimum atomic E-state index is -3.78. The van der Waals surface area contributed by atoms with Gasteiger partial charge in [0.2, 0.25) is 10.0 Å². The van der Waals surface area contributed by atoms with Crippen molar-refractivity contribution in [3.05, 3.63) is 39.8 Å². The molecule has 0 aliphatic rings. The predicted octanol–water partition coefficient (Wildman–Crippen LogP) is 3.00. The predicted molar refractivity (Wildman–Crippen MR) is 88.8 cm³/mol. The van der Waals surface area contributed by atoms with Crippen LogP contribution in [0.4, 0.5) is 0 Å². The van der Waals surface area contributed by atoms with E-state index in [4.69, 9.17) is 16.7 Å². The lowest BCUT2D eigenvalue weighted by Gasteiger charge is -2.09. The van der Waals surface area contributed by atoms with Gasteiger partial charge >= 0.3 is 5.97 Å². The van der Waals surface area contributed by atoms with Crippen molar-refractivity contribution in [3.63, 3.8) is 0 Å². The van der Waals surface area contributed by atoms with Crippen molar-refractivity contribution >= 4 is 55.3 Å². The first-order chi connectivity index (χ1) is 9.79. The highest BCUT2D eigenvalue weighted by Gasteiger charge is 2.20. The maximum Gasteiger partial charge on any atom is 0.337 e. The second-order valence-corrected chi connectivity index (χ2v) is 7.98. The number of benzene rings is 1. The number of carboxylic acids is 1. The van der Waals surface area contributed by atoms with Gasteiger partial charge in [0.25, 0.3) is 0 Å². The Hall–Kier alpha value is -0.540. The summed E-state index contributed by atoms with van der Waals surface area (Å²) in [6.45, 7) is 3.81. The molecule has 0 atom stereocenters. The van der Waals surface area contributed by atoms with Crippen molar-refractivity contribution in [2.45, 2.75) is 4.90 Å². The Labute approximate surface area is 140 Å². The van der Waals surface area contributed by atoms with Gasteiger partial charge in [-0.1, -0.05) is 17.7 Å². The number of halogens is 2. The molecule has 116 valence electrons. The zero-order chi connectivity index (χ0) is 16.0.